The summed E-state index contributed by atoms with van der Waals surface area (Å²) < 4.78 is 7.14. The van der Waals surface area contributed by atoms with Crippen molar-refractivity contribution in [3.05, 3.63) is 34.5 Å². The average molecular weight is 306 g/mol. The summed E-state index contributed by atoms with van der Waals surface area (Å²) in [5.74, 6) is 1.21. The van der Waals surface area contributed by atoms with Crippen molar-refractivity contribution < 1.29 is 9.53 Å². The van der Waals surface area contributed by atoms with E-state index in [0.29, 0.717) is 26.1 Å². The van der Waals surface area contributed by atoms with Crippen LogP contribution in [-0.4, -0.2) is 45.8 Å². The second kappa shape index (κ2) is 6.36. The summed E-state index contributed by atoms with van der Waals surface area (Å²) in [5.41, 5.74) is 1.07. The Hall–Kier alpha value is -1.73. The monoisotopic (exact) mass is 306 g/mol. The highest BCUT2D eigenvalue weighted by atomic mass is 32.1. The molecule has 2 aromatic rings. The van der Waals surface area contributed by atoms with Gasteiger partial charge in [0.2, 0.25) is 5.91 Å². The zero-order valence-electron chi connectivity index (χ0n) is 11.9. The van der Waals surface area contributed by atoms with Crippen molar-refractivity contribution in [2.45, 2.75) is 19.5 Å². The maximum absolute atomic E-state index is 12.5. The van der Waals surface area contributed by atoms with Crippen molar-refractivity contribution in [1.29, 1.82) is 0 Å². The van der Waals surface area contributed by atoms with E-state index < -0.39 is 0 Å². The van der Waals surface area contributed by atoms with Gasteiger partial charge in [-0.3, -0.25) is 4.79 Å². The molecule has 0 aromatic carbocycles. The number of hydrogen-bond donors (Lipinski definition) is 0. The maximum Gasteiger partial charge on any atom is 0.227 e. The van der Waals surface area contributed by atoms with Crippen LogP contribution in [0.3, 0.4) is 0 Å². The van der Waals surface area contributed by atoms with E-state index in [4.69, 9.17) is 4.74 Å². The quantitative estimate of drug-likeness (QED) is 0.851. The number of methoxy groups -OCH3 is 1. The molecule has 1 aliphatic heterocycles. The average Bonchev–Trinajstić information content (AvgIpc) is 3.08. The number of thiophene rings is 1. The van der Waals surface area contributed by atoms with Crippen LogP contribution in [0.25, 0.3) is 0 Å². The Labute approximate surface area is 127 Å². The number of aromatic nitrogens is 3. The Morgan fingerprint density at radius 3 is 3.19 bits per heavy atom. The number of carbonyl (C=O) groups is 1. The molecule has 112 valence electrons. The van der Waals surface area contributed by atoms with Crippen LogP contribution in [0.1, 0.15) is 11.4 Å². The second-order valence-corrected chi connectivity index (χ2v) is 6.04. The van der Waals surface area contributed by atoms with E-state index in [2.05, 4.69) is 10.1 Å². The van der Waals surface area contributed by atoms with Crippen LogP contribution in [0.2, 0.25) is 0 Å². The number of nitrogens with zero attached hydrogens (tertiary/aromatic N) is 4. The smallest absolute Gasteiger partial charge is 0.227 e. The molecule has 1 aliphatic rings. The van der Waals surface area contributed by atoms with Gasteiger partial charge in [0, 0.05) is 26.1 Å². The van der Waals surface area contributed by atoms with Crippen molar-refractivity contribution in [3.63, 3.8) is 0 Å². The van der Waals surface area contributed by atoms with Crippen molar-refractivity contribution >= 4 is 17.2 Å². The first-order chi connectivity index (χ1) is 10.3. The lowest BCUT2D eigenvalue weighted by Crippen LogP contribution is -2.36. The van der Waals surface area contributed by atoms with Crippen LogP contribution < -0.4 is 0 Å². The Morgan fingerprint density at radius 1 is 1.52 bits per heavy atom. The number of ether oxygens (including phenoxy) is 1. The summed E-state index contributed by atoms with van der Waals surface area (Å²) in [7, 11) is 1.69. The summed E-state index contributed by atoms with van der Waals surface area (Å²) in [6.45, 7) is 2.55. The zero-order valence-corrected chi connectivity index (χ0v) is 12.8. The molecule has 0 aliphatic carbocycles. The minimum absolute atomic E-state index is 0.131. The van der Waals surface area contributed by atoms with Gasteiger partial charge in [-0.1, -0.05) is 0 Å². The minimum atomic E-state index is 0.131. The fraction of sp³-hybridized carbons (Fsp3) is 0.500. The highest BCUT2D eigenvalue weighted by Crippen LogP contribution is 2.16. The van der Waals surface area contributed by atoms with Crippen LogP contribution in [0, 0.1) is 5.92 Å². The van der Waals surface area contributed by atoms with E-state index in [0.717, 1.165) is 17.9 Å². The molecule has 1 atom stereocenters. The van der Waals surface area contributed by atoms with Gasteiger partial charge in [-0.05, 0) is 22.4 Å². The molecule has 0 radical (unpaired) electrons. The molecule has 3 heterocycles. The Balaban J connectivity index is 1.75. The van der Waals surface area contributed by atoms with E-state index in [1.807, 2.05) is 26.4 Å². The maximum atomic E-state index is 12.5. The highest BCUT2D eigenvalue weighted by Gasteiger charge is 2.26. The molecule has 6 nitrogen and oxygen atoms in total. The fourth-order valence-corrected chi connectivity index (χ4v) is 3.29. The van der Waals surface area contributed by atoms with Crippen molar-refractivity contribution in [1.82, 2.24) is 19.7 Å². The van der Waals surface area contributed by atoms with Gasteiger partial charge in [-0.25, -0.2) is 9.67 Å². The van der Waals surface area contributed by atoms with Crippen LogP contribution >= 0.6 is 11.3 Å². The summed E-state index contributed by atoms with van der Waals surface area (Å²) in [4.78, 5) is 18.7. The van der Waals surface area contributed by atoms with Crippen LogP contribution in [0.4, 0.5) is 0 Å². The molecular formula is C14H18N4O2S. The molecule has 0 N–H and O–H groups in total. The SMILES string of the molecule is COCC1CN(C(=O)Cc2ccsc2)Cc2ncnn2C1. The third kappa shape index (κ3) is 3.30. The molecule has 3 rings (SSSR count). The standard InChI is InChI=1S/C14H18N4O2S/c1-20-8-12-5-17(7-13-15-10-16-18(13)6-12)14(19)4-11-2-3-21-9-11/h2-3,9-10,12H,4-8H2,1H3. The van der Waals surface area contributed by atoms with Crippen LogP contribution in [-0.2, 0) is 29.0 Å². The van der Waals surface area contributed by atoms with Crippen LogP contribution in [0.15, 0.2) is 23.2 Å². The van der Waals surface area contributed by atoms with Crippen molar-refractivity contribution in [2.75, 3.05) is 20.3 Å². The molecule has 7 heteroatoms. The number of carbonyl (C=O) groups excluding carboxylic acids is 1. The van der Waals surface area contributed by atoms with Gasteiger partial charge < -0.3 is 9.64 Å². The van der Waals surface area contributed by atoms with Gasteiger partial charge in [0.1, 0.15) is 12.2 Å². The lowest BCUT2D eigenvalue weighted by molar-refractivity contribution is -0.131. The van der Waals surface area contributed by atoms with Gasteiger partial charge in [-0.2, -0.15) is 16.4 Å². The lowest BCUT2D eigenvalue weighted by Gasteiger charge is -2.23. The molecule has 21 heavy (non-hydrogen) atoms. The highest BCUT2D eigenvalue weighted by molar-refractivity contribution is 7.07. The van der Waals surface area contributed by atoms with E-state index in [1.165, 1.54) is 0 Å². The molecule has 1 amide bonds. The lowest BCUT2D eigenvalue weighted by atomic mass is 10.1. The van der Waals surface area contributed by atoms with E-state index in [1.54, 1.807) is 24.8 Å². The first-order valence-corrected chi connectivity index (χ1v) is 7.85. The molecule has 0 saturated carbocycles. The fourth-order valence-electron chi connectivity index (χ4n) is 2.62. The van der Waals surface area contributed by atoms with Gasteiger partial charge in [0.25, 0.3) is 0 Å². The first kappa shape index (κ1) is 14.2. The normalized spacial score (nSPS) is 18.3. The Morgan fingerprint density at radius 2 is 2.43 bits per heavy atom. The molecule has 2 aromatic heterocycles. The van der Waals surface area contributed by atoms with Gasteiger partial charge >= 0.3 is 0 Å². The third-order valence-electron chi connectivity index (χ3n) is 3.63. The predicted molar refractivity (Wildman–Crippen MR) is 78.8 cm³/mol. The Kier molecular flexibility index (Phi) is 4.31. The topological polar surface area (TPSA) is 60.2 Å². The summed E-state index contributed by atoms with van der Waals surface area (Å²) in [6.07, 6.45) is 1.99. The zero-order chi connectivity index (χ0) is 14.7. The van der Waals surface area contributed by atoms with E-state index in [9.17, 15) is 4.79 Å². The number of hydrogen-bond acceptors (Lipinski definition) is 5. The minimum Gasteiger partial charge on any atom is -0.384 e. The Bertz CT molecular complexity index is 596. The molecule has 1 unspecified atom stereocenters. The molecule has 0 fully saturated rings. The third-order valence-corrected chi connectivity index (χ3v) is 4.36. The summed E-state index contributed by atoms with van der Waals surface area (Å²) >= 11 is 1.61. The summed E-state index contributed by atoms with van der Waals surface area (Å²) in [6, 6.07) is 2.00. The van der Waals surface area contributed by atoms with Gasteiger partial charge in [0.15, 0.2) is 0 Å². The predicted octanol–water partition coefficient (Wildman–Crippen LogP) is 1.19. The van der Waals surface area contributed by atoms with E-state index in [-0.39, 0.29) is 11.8 Å². The van der Waals surface area contributed by atoms with Gasteiger partial charge in [0.05, 0.1) is 19.6 Å². The summed E-state index contributed by atoms with van der Waals surface area (Å²) in [5, 5.41) is 8.25. The molecule has 0 spiro atoms. The number of amides is 1. The molecule has 0 bridgehead atoms. The largest absolute Gasteiger partial charge is 0.384 e. The number of rotatable bonds is 4. The second-order valence-electron chi connectivity index (χ2n) is 5.26. The molecular weight excluding hydrogens is 288 g/mol. The first-order valence-electron chi connectivity index (χ1n) is 6.90. The molecule has 0 saturated heterocycles. The number of fused-ring (bicyclic) bond motifs is 1. The van der Waals surface area contributed by atoms with E-state index >= 15 is 0 Å². The van der Waals surface area contributed by atoms with Crippen molar-refractivity contribution in [2.24, 2.45) is 5.92 Å². The van der Waals surface area contributed by atoms with Crippen LogP contribution in [0.5, 0.6) is 0 Å². The van der Waals surface area contributed by atoms with Crippen molar-refractivity contribution in [3.8, 4) is 0 Å². The van der Waals surface area contributed by atoms with Gasteiger partial charge in [-0.15, -0.1) is 0 Å².